The van der Waals surface area contributed by atoms with Crippen molar-refractivity contribution in [3.63, 3.8) is 0 Å². The lowest BCUT2D eigenvalue weighted by atomic mass is 10.1. The van der Waals surface area contributed by atoms with Crippen LogP contribution in [0.1, 0.15) is 25.3 Å². The van der Waals surface area contributed by atoms with Crippen LogP contribution in [-0.2, 0) is 11.3 Å². The number of carbonyl (C=O) groups excluding carboxylic acids is 1. The number of aromatic nitrogens is 1. The maximum atomic E-state index is 13.0. The first-order valence-corrected chi connectivity index (χ1v) is 9.07. The molecular weight excluding hydrogens is 320 g/mol. The van der Waals surface area contributed by atoms with Gasteiger partial charge in [0.2, 0.25) is 5.91 Å². The van der Waals surface area contributed by atoms with E-state index in [2.05, 4.69) is 4.98 Å². The van der Waals surface area contributed by atoms with Crippen LogP contribution in [0.15, 0.2) is 53.7 Å². The number of pyridine rings is 1. The van der Waals surface area contributed by atoms with E-state index in [1.807, 2.05) is 54.3 Å². The molecule has 1 heterocycles. The van der Waals surface area contributed by atoms with Gasteiger partial charge in [0.25, 0.3) is 0 Å². The fourth-order valence-corrected chi connectivity index (χ4v) is 3.55. The van der Waals surface area contributed by atoms with Gasteiger partial charge in [-0.3, -0.25) is 4.79 Å². The molecule has 1 unspecified atom stereocenters. The van der Waals surface area contributed by atoms with E-state index in [0.717, 1.165) is 29.2 Å². The molecule has 1 aromatic heterocycles. The van der Waals surface area contributed by atoms with Crippen molar-refractivity contribution >= 4 is 17.7 Å². The van der Waals surface area contributed by atoms with Crippen LogP contribution in [0.5, 0.6) is 5.75 Å². The van der Waals surface area contributed by atoms with Crippen LogP contribution in [0.4, 0.5) is 0 Å². The van der Waals surface area contributed by atoms with Gasteiger partial charge >= 0.3 is 0 Å². The number of carbonyl (C=O) groups is 1. The second kappa shape index (κ2) is 7.71. The largest absolute Gasteiger partial charge is 0.496 e. The van der Waals surface area contributed by atoms with Crippen molar-refractivity contribution in [1.29, 1.82) is 0 Å². The molecule has 2 aromatic rings. The Kier molecular flexibility index (Phi) is 5.41. The van der Waals surface area contributed by atoms with Crippen molar-refractivity contribution in [1.82, 2.24) is 9.88 Å². The Morgan fingerprint density at radius 3 is 2.71 bits per heavy atom. The first-order chi connectivity index (χ1) is 11.7. The van der Waals surface area contributed by atoms with Crippen LogP contribution in [0, 0.1) is 0 Å². The molecule has 1 aromatic carbocycles. The lowest BCUT2D eigenvalue weighted by Gasteiger charge is -2.26. The normalized spacial score (nSPS) is 14.9. The van der Waals surface area contributed by atoms with Crippen LogP contribution in [-0.4, -0.2) is 34.2 Å². The molecular formula is C19H22N2O2S. The van der Waals surface area contributed by atoms with Gasteiger partial charge < -0.3 is 9.64 Å². The second-order valence-electron chi connectivity index (χ2n) is 5.94. The van der Waals surface area contributed by atoms with Gasteiger partial charge in [0.05, 0.1) is 17.4 Å². The molecule has 0 saturated heterocycles. The lowest BCUT2D eigenvalue weighted by Crippen LogP contribution is -2.37. The smallest absolute Gasteiger partial charge is 0.236 e. The predicted molar refractivity (Wildman–Crippen MR) is 96.1 cm³/mol. The number of methoxy groups -OCH3 is 1. The highest BCUT2D eigenvalue weighted by molar-refractivity contribution is 8.00. The van der Waals surface area contributed by atoms with E-state index >= 15 is 0 Å². The van der Waals surface area contributed by atoms with Gasteiger partial charge in [0.1, 0.15) is 5.75 Å². The van der Waals surface area contributed by atoms with Crippen LogP contribution < -0.4 is 4.74 Å². The molecule has 0 aliphatic heterocycles. The number of ether oxygens (including phenoxy) is 1. The Morgan fingerprint density at radius 2 is 2.04 bits per heavy atom. The molecule has 1 atom stereocenters. The molecule has 3 rings (SSSR count). The molecule has 0 radical (unpaired) electrons. The molecule has 0 bridgehead atoms. The monoisotopic (exact) mass is 342 g/mol. The number of benzene rings is 1. The molecule has 0 spiro atoms. The molecule has 1 amide bonds. The van der Waals surface area contributed by atoms with Gasteiger partial charge in [0, 0.05) is 24.3 Å². The summed E-state index contributed by atoms with van der Waals surface area (Å²) < 4.78 is 5.43. The predicted octanol–water partition coefficient (Wildman–Crippen LogP) is 3.76. The van der Waals surface area contributed by atoms with Gasteiger partial charge in [0.15, 0.2) is 0 Å². The van der Waals surface area contributed by atoms with Crippen molar-refractivity contribution in [2.24, 2.45) is 0 Å². The summed E-state index contributed by atoms with van der Waals surface area (Å²) in [5, 5.41) is 0.724. The molecule has 0 N–H and O–H groups in total. The zero-order valence-electron chi connectivity index (χ0n) is 14.0. The second-order valence-corrected chi connectivity index (χ2v) is 7.30. The number of hydrogen-bond acceptors (Lipinski definition) is 4. The van der Waals surface area contributed by atoms with Crippen LogP contribution >= 0.6 is 11.8 Å². The van der Waals surface area contributed by atoms with Gasteiger partial charge in [-0.1, -0.05) is 36.0 Å². The number of nitrogens with zero attached hydrogens (tertiary/aromatic N) is 2. The summed E-state index contributed by atoms with van der Waals surface area (Å²) in [6.07, 6.45) is 3.93. The summed E-state index contributed by atoms with van der Waals surface area (Å²) in [4.78, 5) is 19.3. The molecule has 1 aliphatic carbocycles. The van der Waals surface area contributed by atoms with E-state index in [1.54, 1.807) is 13.3 Å². The zero-order chi connectivity index (χ0) is 16.9. The zero-order valence-corrected chi connectivity index (χ0v) is 14.8. The Labute approximate surface area is 147 Å². The average molecular weight is 342 g/mol. The Morgan fingerprint density at radius 1 is 1.29 bits per heavy atom. The Bertz CT molecular complexity index is 689. The SMILES string of the molecule is COc1ccccc1CN(C(=O)C(C)Sc1ccccn1)C1CC1. The van der Waals surface area contributed by atoms with E-state index < -0.39 is 0 Å². The van der Waals surface area contributed by atoms with Crippen LogP contribution in [0.2, 0.25) is 0 Å². The van der Waals surface area contributed by atoms with Gasteiger partial charge in [-0.25, -0.2) is 4.98 Å². The van der Waals surface area contributed by atoms with E-state index in [-0.39, 0.29) is 11.2 Å². The Balaban J connectivity index is 1.72. The highest BCUT2D eigenvalue weighted by atomic mass is 32.2. The van der Waals surface area contributed by atoms with Gasteiger partial charge in [-0.05, 0) is 38.0 Å². The summed E-state index contributed by atoms with van der Waals surface area (Å²) in [7, 11) is 1.67. The van der Waals surface area contributed by atoms with E-state index in [1.165, 1.54) is 11.8 Å². The summed E-state index contributed by atoms with van der Waals surface area (Å²) in [5.74, 6) is 1.00. The molecule has 5 heteroatoms. The number of amides is 1. The van der Waals surface area contributed by atoms with Crippen molar-refractivity contribution in [2.75, 3.05) is 7.11 Å². The summed E-state index contributed by atoms with van der Waals surface area (Å²) in [5.41, 5.74) is 1.05. The maximum Gasteiger partial charge on any atom is 0.236 e. The molecule has 4 nitrogen and oxygen atoms in total. The third-order valence-corrected chi connectivity index (χ3v) is 5.13. The summed E-state index contributed by atoms with van der Waals surface area (Å²) in [6.45, 7) is 2.56. The van der Waals surface area contributed by atoms with Crippen LogP contribution in [0.25, 0.3) is 0 Å². The van der Waals surface area contributed by atoms with Gasteiger partial charge in [-0.15, -0.1) is 0 Å². The first kappa shape index (κ1) is 16.8. The number of hydrogen-bond donors (Lipinski definition) is 0. The van der Waals surface area contributed by atoms with E-state index in [4.69, 9.17) is 4.74 Å². The minimum Gasteiger partial charge on any atom is -0.496 e. The standard InChI is InChI=1S/C19H22N2O2S/c1-14(24-18-9-5-6-12-20-18)19(22)21(16-10-11-16)13-15-7-3-4-8-17(15)23-2/h3-9,12,14,16H,10-11,13H2,1-2H3. The highest BCUT2D eigenvalue weighted by Crippen LogP contribution is 2.33. The topological polar surface area (TPSA) is 42.4 Å². The summed E-state index contributed by atoms with van der Waals surface area (Å²) >= 11 is 1.51. The number of thioether (sulfide) groups is 1. The molecule has 24 heavy (non-hydrogen) atoms. The molecule has 126 valence electrons. The number of para-hydroxylation sites is 1. The van der Waals surface area contributed by atoms with E-state index in [0.29, 0.717) is 12.6 Å². The molecule has 1 aliphatic rings. The summed E-state index contributed by atoms with van der Waals surface area (Å²) in [6, 6.07) is 14.0. The van der Waals surface area contributed by atoms with Gasteiger partial charge in [-0.2, -0.15) is 0 Å². The fourth-order valence-electron chi connectivity index (χ4n) is 2.67. The molecule has 1 fully saturated rings. The lowest BCUT2D eigenvalue weighted by molar-refractivity contribution is -0.131. The fraction of sp³-hybridized carbons (Fsp3) is 0.368. The van der Waals surface area contributed by atoms with E-state index in [9.17, 15) is 4.79 Å². The quantitative estimate of drug-likeness (QED) is 0.719. The van der Waals surface area contributed by atoms with Crippen LogP contribution in [0.3, 0.4) is 0 Å². The third kappa shape index (κ3) is 4.09. The van der Waals surface area contributed by atoms with Crippen molar-refractivity contribution in [3.8, 4) is 5.75 Å². The average Bonchev–Trinajstić information content (AvgIpc) is 3.45. The Hall–Kier alpha value is -2.01. The molecule has 1 saturated carbocycles. The van der Waals surface area contributed by atoms with Crippen molar-refractivity contribution in [2.45, 2.75) is 42.6 Å². The minimum absolute atomic E-state index is 0.157. The maximum absolute atomic E-state index is 13.0. The number of rotatable bonds is 7. The highest BCUT2D eigenvalue weighted by Gasteiger charge is 2.35. The minimum atomic E-state index is -0.157. The third-order valence-electron chi connectivity index (χ3n) is 4.09. The first-order valence-electron chi connectivity index (χ1n) is 8.19. The van der Waals surface area contributed by atoms with Crippen molar-refractivity contribution in [3.05, 3.63) is 54.2 Å². The van der Waals surface area contributed by atoms with Crippen molar-refractivity contribution < 1.29 is 9.53 Å².